The molecule has 6 heteroatoms. The minimum atomic E-state index is -0.312. The number of carbonyl (C=O) groups is 1. The lowest BCUT2D eigenvalue weighted by Gasteiger charge is -2.09. The number of nitrogens with one attached hydrogen (secondary N) is 1. The Labute approximate surface area is 109 Å². The highest BCUT2D eigenvalue weighted by atomic mass is 16.5. The van der Waals surface area contributed by atoms with E-state index in [1.54, 1.807) is 0 Å². The van der Waals surface area contributed by atoms with Gasteiger partial charge in [0, 0.05) is 13.0 Å². The second kappa shape index (κ2) is 4.89. The van der Waals surface area contributed by atoms with Crippen LogP contribution < -0.4 is 10.1 Å². The topological polar surface area (TPSA) is 73.6 Å². The zero-order chi connectivity index (χ0) is 13.2. The van der Waals surface area contributed by atoms with Crippen molar-refractivity contribution in [2.45, 2.75) is 18.6 Å². The van der Waals surface area contributed by atoms with Crippen molar-refractivity contribution >= 4 is 16.9 Å². The van der Waals surface area contributed by atoms with Gasteiger partial charge in [0.25, 0.3) is 5.88 Å². The highest BCUT2D eigenvalue weighted by molar-refractivity contribution is 5.81. The Morgan fingerprint density at radius 3 is 3.16 bits per heavy atom. The maximum absolute atomic E-state index is 11.4. The van der Waals surface area contributed by atoms with Crippen LogP contribution in [0.2, 0.25) is 0 Å². The van der Waals surface area contributed by atoms with Gasteiger partial charge in [-0.05, 0) is 17.3 Å². The first kappa shape index (κ1) is 12.0. The summed E-state index contributed by atoms with van der Waals surface area (Å²) in [5.41, 5.74) is 0.688. The Kier molecular flexibility index (Phi) is 3.08. The summed E-state index contributed by atoms with van der Waals surface area (Å²) in [6.45, 7) is 0.584. The van der Waals surface area contributed by atoms with E-state index >= 15 is 0 Å². The number of esters is 1. The average Bonchev–Trinajstić information content (AvgIpc) is 3.06. The number of methoxy groups -OCH3 is 1. The van der Waals surface area contributed by atoms with Crippen LogP contribution in [0.5, 0.6) is 5.88 Å². The van der Waals surface area contributed by atoms with Crippen LogP contribution in [-0.2, 0) is 9.53 Å². The summed E-state index contributed by atoms with van der Waals surface area (Å²) in [4.78, 5) is 11.4. The normalized spacial score (nSPS) is 22.6. The lowest BCUT2D eigenvalue weighted by atomic mass is 10.2. The fraction of sp³-hybridized carbons (Fsp3) is 0.385. The standard InChI is InChI=1S/C13H14N2O4/c1-17-13(16)10-6-8(7-14-10)18-12-9-4-2-3-5-11(9)19-15-12/h2-5,8,10,14H,6-7H2,1H3. The lowest BCUT2D eigenvalue weighted by molar-refractivity contribution is -0.142. The van der Waals surface area contributed by atoms with Crippen LogP contribution in [0.15, 0.2) is 28.8 Å². The molecule has 1 saturated heterocycles. The third-order valence-electron chi connectivity index (χ3n) is 3.20. The molecule has 0 aliphatic carbocycles. The van der Waals surface area contributed by atoms with E-state index < -0.39 is 0 Å². The van der Waals surface area contributed by atoms with Crippen LogP contribution in [-0.4, -0.2) is 36.9 Å². The SMILES string of the molecule is COC(=O)C1CC(Oc2noc3ccccc23)CN1. The molecule has 2 atom stereocenters. The molecule has 2 heterocycles. The molecule has 1 aliphatic rings. The maximum Gasteiger partial charge on any atom is 0.323 e. The molecule has 1 aromatic heterocycles. The fourth-order valence-corrected chi connectivity index (χ4v) is 2.22. The van der Waals surface area contributed by atoms with Gasteiger partial charge >= 0.3 is 5.97 Å². The van der Waals surface area contributed by atoms with Crippen molar-refractivity contribution < 1.29 is 18.8 Å². The minimum absolute atomic E-state index is 0.113. The van der Waals surface area contributed by atoms with Gasteiger partial charge in [-0.2, -0.15) is 0 Å². The number of hydrogen-bond acceptors (Lipinski definition) is 6. The van der Waals surface area contributed by atoms with Crippen molar-refractivity contribution in [3.05, 3.63) is 24.3 Å². The van der Waals surface area contributed by atoms with Gasteiger partial charge < -0.3 is 19.3 Å². The summed E-state index contributed by atoms with van der Waals surface area (Å²) in [5.74, 6) is 0.198. The molecule has 3 rings (SSSR count). The van der Waals surface area contributed by atoms with Gasteiger partial charge in [0.1, 0.15) is 12.1 Å². The number of ether oxygens (including phenoxy) is 2. The van der Waals surface area contributed by atoms with Crippen molar-refractivity contribution in [3.8, 4) is 5.88 Å². The van der Waals surface area contributed by atoms with Gasteiger partial charge in [0.2, 0.25) is 0 Å². The largest absolute Gasteiger partial charge is 0.470 e. The summed E-state index contributed by atoms with van der Waals surface area (Å²) in [6.07, 6.45) is 0.450. The zero-order valence-electron chi connectivity index (χ0n) is 10.5. The molecule has 1 N–H and O–H groups in total. The van der Waals surface area contributed by atoms with Crippen molar-refractivity contribution in [2.24, 2.45) is 0 Å². The summed E-state index contributed by atoms with van der Waals surface area (Å²) in [5, 5.41) is 7.80. The quantitative estimate of drug-likeness (QED) is 0.835. The Hall–Kier alpha value is -2.08. The Bertz CT molecular complexity index is 595. The predicted molar refractivity (Wildman–Crippen MR) is 66.8 cm³/mol. The molecule has 100 valence electrons. The van der Waals surface area contributed by atoms with Gasteiger partial charge in [0.05, 0.1) is 12.5 Å². The third kappa shape index (κ3) is 2.26. The average molecular weight is 262 g/mol. The number of benzene rings is 1. The first-order chi connectivity index (χ1) is 9.28. The summed E-state index contributed by atoms with van der Waals surface area (Å²) >= 11 is 0. The van der Waals surface area contributed by atoms with Crippen LogP contribution in [0.4, 0.5) is 0 Å². The van der Waals surface area contributed by atoms with Crippen LogP contribution >= 0.6 is 0 Å². The number of rotatable bonds is 3. The lowest BCUT2D eigenvalue weighted by Crippen LogP contribution is -2.31. The summed E-state index contributed by atoms with van der Waals surface area (Å²) in [6, 6.07) is 7.19. The number of aromatic nitrogens is 1. The Morgan fingerprint density at radius 2 is 2.32 bits per heavy atom. The Morgan fingerprint density at radius 1 is 1.47 bits per heavy atom. The van der Waals surface area contributed by atoms with Crippen molar-refractivity contribution in [3.63, 3.8) is 0 Å². The molecule has 0 bridgehead atoms. The molecule has 0 saturated carbocycles. The van der Waals surface area contributed by atoms with E-state index in [0.29, 0.717) is 24.4 Å². The predicted octanol–water partition coefficient (Wildman–Crippen LogP) is 1.11. The van der Waals surface area contributed by atoms with Crippen LogP contribution in [0, 0.1) is 0 Å². The Balaban J connectivity index is 1.71. The number of nitrogens with zero attached hydrogens (tertiary/aromatic N) is 1. The van der Waals surface area contributed by atoms with E-state index in [1.165, 1.54) is 7.11 Å². The summed E-state index contributed by atoms with van der Waals surface area (Å²) < 4.78 is 15.6. The summed E-state index contributed by atoms with van der Waals surface area (Å²) in [7, 11) is 1.38. The molecular weight excluding hydrogens is 248 g/mol. The molecule has 0 radical (unpaired) electrons. The molecule has 19 heavy (non-hydrogen) atoms. The van der Waals surface area contributed by atoms with Gasteiger partial charge in [-0.15, -0.1) is 0 Å². The highest BCUT2D eigenvalue weighted by Gasteiger charge is 2.32. The van der Waals surface area contributed by atoms with E-state index in [-0.39, 0.29) is 18.1 Å². The molecule has 2 unspecified atom stereocenters. The van der Waals surface area contributed by atoms with Gasteiger partial charge in [-0.3, -0.25) is 4.79 Å². The van der Waals surface area contributed by atoms with Crippen molar-refractivity contribution in [2.75, 3.05) is 13.7 Å². The first-order valence-electron chi connectivity index (χ1n) is 6.10. The van der Waals surface area contributed by atoms with Crippen molar-refractivity contribution in [1.29, 1.82) is 0 Å². The molecule has 1 aromatic carbocycles. The van der Waals surface area contributed by atoms with Gasteiger partial charge in [0.15, 0.2) is 5.58 Å². The third-order valence-corrected chi connectivity index (χ3v) is 3.20. The molecule has 2 aromatic rings. The van der Waals surface area contributed by atoms with Gasteiger partial charge in [-0.25, -0.2) is 0 Å². The smallest absolute Gasteiger partial charge is 0.323 e. The molecule has 0 spiro atoms. The number of para-hydroxylation sites is 1. The van der Waals surface area contributed by atoms with E-state index in [0.717, 1.165) is 5.39 Å². The number of fused-ring (bicyclic) bond motifs is 1. The molecule has 1 fully saturated rings. The minimum Gasteiger partial charge on any atom is -0.470 e. The first-order valence-corrected chi connectivity index (χ1v) is 6.10. The van der Waals surface area contributed by atoms with E-state index in [2.05, 4.69) is 10.5 Å². The van der Waals surface area contributed by atoms with Crippen molar-refractivity contribution in [1.82, 2.24) is 10.5 Å². The number of carbonyl (C=O) groups excluding carboxylic acids is 1. The van der Waals surface area contributed by atoms with E-state index in [4.69, 9.17) is 14.0 Å². The molecular formula is C13H14N2O4. The van der Waals surface area contributed by atoms with Gasteiger partial charge in [-0.1, -0.05) is 12.1 Å². The van der Waals surface area contributed by atoms with Crippen LogP contribution in [0.3, 0.4) is 0 Å². The zero-order valence-corrected chi connectivity index (χ0v) is 10.5. The molecule has 1 aliphatic heterocycles. The number of hydrogen-bond donors (Lipinski definition) is 1. The van der Waals surface area contributed by atoms with E-state index in [1.807, 2.05) is 24.3 Å². The monoisotopic (exact) mass is 262 g/mol. The van der Waals surface area contributed by atoms with E-state index in [9.17, 15) is 4.79 Å². The van der Waals surface area contributed by atoms with Crippen LogP contribution in [0.1, 0.15) is 6.42 Å². The second-order valence-electron chi connectivity index (χ2n) is 4.44. The maximum atomic E-state index is 11.4. The molecule has 6 nitrogen and oxygen atoms in total. The van der Waals surface area contributed by atoms with Crippen LogP contribution in [0.25, 0.3) is 11.0 Å². The molecule has 0 amide bonds. The fourth-order valence-electron chi connectivity index (χ4n) is 2.22. The highest BCUT2D eigenvalue weighted by Crippen LogP contribution is 2.26. The second-order valence-corrected chi connectivity index (χ2v) is 4.44.